The summed E-state index contributed by atoms with van der Waals surface area (Å²) in [5.74, 6) is -0.461. The van der Waals surface area contributed by atoms with Crippen LogP contribution in [-0.4, -0.2) is 18.4 Å². The highest BCUT2D eigenvalue weighted by Crippen LogP contribution is 2.59. The first-order chi connectivity index (χ1) is 11.6. The molecule has 3 nitrogen and oxygen atoms in total. The van der Waals surface area contributed by atoms with E-state index in [1.165, 1.54) is 0 Å². The third-order valence-corrected chi connectivity index (χ3v) is 4.86. The van der Waals surface area contributed by atoms with Crippen LogP contribution in [0.15, 0.2) is 60.7 Å². The Bertz CT molecular complexity index is 708. The zero-order valence-corrected chi connectivity index (χ0v) is 14.0. The predicted octanol–water partition coefficient (Wildman–Crippen LogP) is 4.10. The maximum atomic E-state index is 12.9. The standard InChI is InChI=1S/C21H22O3/c1-3-24-21(23)14(2)17-18(15-10-6-4-7-11-15)19(17)20(22)16-12-8-5-9-13-16/h4-14,17-19H,3H2,1-2H3/t14?,17-,18+,19+/m1/s1. The lowest BCUT2D eigenvalue weighted by molar-refractivity contribution is -0.148. The van der Waals surface area contributed by atoms with Crippen molar-refractivity contribution in [2.75, 3.05) is 6.61 Å². The normalized spacial score (nSPS) is 23.3. The average Bonchev–Trinajstić information content (AvgIpc) is 3.37. The van der Waals surface area contributed by atoms with E-state index >= 15 is 0 Å². The molecule has 24 heavy (non-hydrogen) atoms. The molecule has 0 bridgehead atoms. The van der Waals surface area contributed by atoms with Gasteiger partial charge in [-0.15, -0.1) is 0 Å². The van der Waals surface area contributed by atoms with Crippen molar-refractivity contribution < 1.29 is 14.3 Å². The van der Waals surface area contributed by atoms with Crippen LogP contribution in [0.1, 0.15) is 35.7 Å². The molecule has 2 aromatic carbocycles. The molecule has 3 heteroatoms. The summed E-state index contributed by atoms with van der Waals surface area (Å²) in [4.78, 5) is 25.1. The topological polar surface area (TPSA) is 43.4 Å². The molecule has 0 spiro atoms. The summed E-state index contributed by atoms with van der Waals surface area (Å²) in [6, 6.07) is 19.3. The van der Waals surface area contributed by atoms with Gasteiger partial charge in [-0.05, 0) is 24.3 Å². The second-order valence-electron chi connectivity index (χ2n) is 6.31. The van der Waals surface area contributed by atoms with E-state index in [1.54, 1.807) is 6.92 Å². The monoisotopic (exact) mass is 322 g/mol. The molecular formula is C21H22O3. The van der Waals surface area contributed by atoms with Crippen molar-refractivity contribution in [3.05, 3.63) is 71.8 Å². The fourth-order valence-corrected chi connectivity index (χ4v) is 3.62. The molecule has 1 aliphatic rings. The number of hydrogen-bond donors (Lipinski definition) is 0. The molecule has 4 atom stereocenters. The van der Waals surface area contributed by atoms with E-state index in [9.17, 15) is 9.59 Å². The van der Waals surface area contributed by atoms with Gasteiger partial charge in [0, 0.05) is 11.5 Å². The molecule has 2 aromatic rings. The molecule has 3 rings (SSSR count). The highest BCUT2D eigenvalue weighted by molar-refractivity contribution is 6.01. The van der Waals surface area contributed by atoms with E-state index < -0.39 is 0 Å². The van der Waals surface area contributed by atoms with Crippen LogP contribution in [0.2, 0.25) is 0 Å². The van der Waals surface area contributed by atoms with E-state index in [2.05, 4.69) is 0 Å². The number of carbonyl (C=O) groups excluding carboxylic acids is 2. The molecule has 1 fully saturated rings. The van der Waals surface area contributed by atoms with Crippen molar-refractivity contribution in [2.24, 2.45) is 17.8 Å². The summed E-state index contributed by atoms with van der Waals surface area (Å²) in [5, 5.41) is 0. The van der Waals surface area contributed by atoms with Gasteiger partial charge in [0.2, 0.25) is 0 Å². The van der Waals surface area contributed by atoms with Crippen molar-refractivity contribution in [1.29, 1.82) is 0 Å². The summed E-state index contributed by atoms with van der Waals surface area (Å²) >= 11 is 0. The molecule has 0 aromatic heterocycles. The highest BCUT2D eigenvalue weighted by atomic mass is 16.5. The highest BCUT2D eigenvalue weighted by Gasteiger charge is 2.59. The van der Waals surface area contributed by atoms with Crippen LogP contribution in [0.3, 0.4) is 0 Å². The number of benzene rings is 2. The quantitative estimate of drug-likeness (QED) is 0.594. The van der Waals surface area contributed by atoms with Gasteiger partial charge >= 0.3 is 5.97 Å². The molecular weight excluding hydrogens is 300 g/mol. The minimum atomic E-state index is -0.284. The molecule has 124 valence electrons. The number of rotatable bonds is 6. The van der Waals surface area contributed by atoms with Gasteiger partial charge in [-0.25, -0.2) is 0 Å². The fourth-order valence-electron chi connectivity index (χ4n) is 3.62. The zero-order chi connectivity index (χ0) is 17.1. The third kappa shape index (κ3) is 3.12. The number of ether oxygens (including phenoxy) is 1. The summed E-state index contributed by atoms with van der Waals surface area (Å²) in [7, 11) is 0. The smallest absolute Gasteiger partial charge is 0.308 e. The zero-order valence-electron chi connectivity index (χ0n) is 14.0. The van der Waals surface area contributed by atoms with Crippen LogP contribution >= 0.6 is 0 Å². The van der Waals surface area contributed by atoms with Crippen molar-refractivity contribution in [3.8, 4) is 0 Å². The van der Waals surface area contributed by atoms with Crippen LogP contribution in [0, 0.1) is 17.8 Å². The van der Waals surface area contributed by atoms with E-state index in [4.69, 9.17) is 4.74 Å². The SMILES string of the molecule is CCOC(=O)C(C)[C@H]1[C@H](C(=O)c2ccccc2)[C@H]1c1ccccc1. The summed E-state index contributed by atoms with van der Waals surface area (Å²) in [6.45, 7) is 4.04. The maximum Gasteiger partial charge on any atom is 0.308 e. The van der Waals surface area contributed by atoms with Gasteiger partial charge in [0.15, 0.2) is 5.78 Å². The Morgan fingerprint density at radius 1 is 1.00 bits per heavy atom. The minimum absolute atomic E-state index is 0.000781. The molecule has 1 saturated carbocycles. The van der Waals surface area contributed by atoms with Gasteiger partial charge in [0.1, 0.15) is 0 Å². The molecule has 0 radical (unpaired) electrons. The Hall–Kier alpha value is -2.42. The first-order valence-electron chi connectivity index (χ1n) is 8.46. The average molecular weight is 322 g/mol. The van der Waals surface area contributed by atoms with Crippen molar-refractivity contribution in [2.45, 2.75) is 19.8 Å². The number of esters is 1. The molecule has 1 unspecified atom stereocenters. The van der Waals surface area contributed by atoms with Crippen LogP contribution < -0.4 is 0 Å². The molecule has 0 saturated heterocycles. The van der Waals surface area contributed by atoms with Crippen molar-refractivity contribution in [3.63, 3.8) is 0 Å². The molecule has 0 amide bonds. The van der Waals surface area contributed by atoms with Crippen LogP contribution in [0.5, 0.6) is 0 Å². The van der Waals surface area contributed by atoms with Gasteiger partial charge in [-0.2, -0.15) is 0 Å². The molecule has 1 aliphatic carbocycles. The van der Waals surface area contributed by atoms with E-state index in [0.29, 0.717) is 12.2 Å². The van der Waals surface area contributed by atoms with Crippen molar-refractivity contribution in [1.82, 2.24) is 0 Å². The van der Waals surface area contributed by atoms with Gasteiger partial charge in [-0.3, -0.25) is 9.59 Å². The summed E-state index contributed by atoms with van der Waals surface area (Å²) < 4.78 is 5.17. The van der Waals surface area contributed by atoms with Crippen LogP contribution in [0.4, 0.5) is 0 Å². The number of carbonyl (C=O) groups is 2. The Balaban J connectivity index is 1.87. The first kappa shape index (κ1) is 16.4. The van der Waals surface area contributed by atoms with Gasteiger partial charge in [0.05, 0.1) is 12.5 Å². The predicted molar refractivity (Wildman–Crippen MR) is 92.7 cm³/mol. The molecule has 0 aliphatic heterocycles. The number of hydrogen-bond acceptors (Lipinski definition) is 3. The van der Waals surface area contributed by atoms with Crippen molar-refractivity contribution >= 4 is 11.8 Å². The van der Waals surface area contributed by atoms with E-state index in [0.717, 1.165) is 5.56 Å². The van der Waals surface area contributed by atoms with E-state index in [-0.39, 0.29) is 35.4 Å². The Kier molecular flexibility index (Phi) is 4.79. The van der Waals surface area contributed by atoms with Crippen LogP contribution in [0.25, 0.3) is 0 Å². The summed E-state index contributed by atoms with van der Waals surface area (Å²) in [5.41, 5.74) is 1.83. The van der Waals surface area contributed by atoms with Gasteiger partial charge in [-0.1, -0.05) is 67.6 Å². The number of Topliss-reactive ketones (excluding diaryl/α,β-unsaturated/α-hetero) is 1. The second kappa shape index (κ2) is 7.00. The largest absolute Gasteiger partial charge is 0.466 e. The van der Waals surface area contributed by atoms with Gasteiger partial charge in [0.25, 0.3) is 0 Å². The number of ketones is 1. The Morgan fingerprint density at radius 3 is 2.17 bits per heavy atom. The Morgan fingerprint density at radius 2 is 1.58 bits per heavy atom. The second-order valence-corrected chi connectivity index (χ2v) is 6.31. The summed E-state index contributed by atoms with van der Waals surface area (Å²) in [6.07, 6.45) is 0. The lowest BCUT2D eigenvalue weighted by Crippen LogP contribution is -2.19. The molecule has 0 heterocycles. The minimum Gasteiger partial charge on any atom is -0.466 e. The first-order valence-corrected chi connectivity index (χ1v) is 8.46. The molecule has 0 N–H and O–H groups in total. The van der Waals surface area contributed by atoms with Gasteiger partial charge < -0.3 is 4.74 Å². The third-order valence-electron chi connectivity index (χ3n) is 4.86. The lowest BCUT2D eigenvalue weighted by Gasteiger charge is -2.10. The van der Waals surface area contributed by atoms with E-state index in [1.807, 2.05) is 67.6 Å². The maximum absolute atomic E-state index is 12.9. The van der Waals surface area contributed by atoms with Crippen LogP contribution in [-0.2, 0) is 9.53 Å². The fraction of sp³-hybridized carbons (Fsp3) is 0.333. The Labute approximate surface area is 142 Å². The lowest BCUT2D eigenvalue weighted by atomic mass is 10.00.